The molecular weight excluding hydrogens is 202 g/mol. The van der Waals surface area contributed by atoms with Gasteiger partial charge in [0.05, 0.1) is 19.6 Å². The van der Waals surface area contributed by atoms with Gasteiger partial charge in [0.2, 0.25) is 0 Å². The Hall–Kier alpha value is -1.64. The van der Waals surface area contributed by atoms with Crippen LogP contribution in [0.25, 0.3) is 0 Å². The monoisotopic (exact) mass is 219 g/mol. The third kappa shape index (κ3) is 4.73. The fraction of sp³-hybridized carbons (Fsp3) is 0.385. The number of benzene rings is 1. The van der Waals surface area contributed by atoms with Crippen molar-refractivity contribution < 1.29 is 9.53 Å². The molecule has 0 aliphatic heterocycles. The maximum atomic E-state index is 11.2. The Morgan fingerprint density at radius 2 is 2.00 bits per heavy atom. The Morgan fingerprint density at radius 1 is 1.31 bits per heavy atom. The zero-order chi connectivity index (χ0) is 11.8. The second kappa shape index (κ2) is 6.77. The molecule has 0 spiro atoms. The molecule has 0 saturated carbocycles. The summed E-state index contributed by atoms with van der Waals surface area (Å²) >= 11 is 0. The van der Waals surface area contributed by atoms with E-state index in [-0.39, 0.29) is 12.4 Å². The number of hydrogen-bond acceptors (Lipinski definition) is 3. The molecule has 16 heavy (non-hydrogen) atoms. The summed E-state index contributed by atoms with van der Waals surface area (Å²) in [6.45, 7) is 4.69. The molecule has 0 unspecified atom stereocenters. The van der Waals surface area contributed by atoms with Crippen molar-refractivity contribution in [3.8, 4) is 0 Å². The van der Waals surface area contributed by atoms with Gasteiger partial charge in [-0.1, -0.05) is 30.3 Å². The van der Waals surface area contributed by atoms with Crippen molar-refractivity contribution in [2.45, 2.75) is 26.8 Å². The molecule has 0 atom stereocenters. The van der Waals surface area contributed by atoms with Crippen molar-refractivity contribution in [3.05, 3.63) is 35.9 Å². The number of hydrogen-bond donors (Lipinski definition) is 0. The fourth-order valence-corrected chi connectivity index (χ4v) is 1.29. The van der Waals surface area contributed by atoms with Crippen molar-refractivity contribution in [2.75, 3.05) is 6.61 Å². The van der Waals surface area contributed by atoms with Crippen molar-refractivity contribution >= 4 is 11.7 Å². The largest absolute Gasteiger partial charge is 0.466 e. The number of ether oxygens (including phenoxy) is 1. The average molecular weight is 219 g/mol. The summed E-state index contributed by atoms with van der Waals surface area (Å²) in [4.78, 5) is 15.5. The first kappa shape index (κ1) is 12.4. The number of rotatable bonds is 5. The lowest BCUT2D eigenvalue weighted by Crippen LogP contribution is -2.08. The first-order valence-corrected chi connectivity index (χ1v) is 5.42. The summed E-state index contributed by atoms with van der Waals surface area (Å²) in [7, 11) is 0. The molecule has 0 heterocycles. The van der Waals surface area contributed by atoms with Gasteiger partial charge in [0.25, 0.3) is 0 Å². The summed E-state index contributed by atoms with van der Waals surface area (Å²) < 4.78 is 4.84. The lowest BCUT2D eigenvalue weighted by Gasteiger charge is -2.01. The number of carbonyl (C=O) groups excluding carboxylic acids is 1. The molecule has 1 aromatic carbocycles. The SMILES string of the molecule is CCOC(=O)CC(C)=NCc1ccccc1. The molecular formula is C13H17NO2. The zero-order valence-corrected chi connectivity index (χ0v) is 9.77. The Balaban J connectivity index is 2.42. The van der Waals surface area contributed by atoms with E-state index in [0.29, 0.717) is 13.2 Å². The molecule has 1 rings (SSSR count). The topological polar surface area (TPSA) is 38.7 Å². The molecule has 86 valence electrons. The van der Waals surface area contributed by atoms with Crippen LogP contribution in [0.4, 0.5) is 0 Å². The predicted octanol–water partition coefficient (Wildman–Crippen LogP) is 2.60. The van der Waals surface area contributed by atoms with Crippen molar-refractivity contribution in [1.29, 1.82) is 0 Å². The van der Waals surface area contributed by atoms with Gasteiger partial charge in [0.1, 0.15) is 0 Å². The van der Waals surface area contributed by atoms with Crippen LogP contribution < -0.4 is 0 Å². The minimum absolute atomic E-state index is 0.211. The number of nitrogens with zero attached hydrogens (tertiary/aromatic N) is 1. The highest BCUT2D eigenvalue weighted by atomic mass is 16.5. The smallest absolute Gasteiger partial charge is 0.311 e. The van der Waals surface area contributed by atoms with Crippen LogP contribution in [-0.2, 0) is 16.1 Å². The predicted molar refractivity (Wildman–Crippen MR) is 64.5 cm³/mol. The maximum Gasteiger partial charge on any atom is 0.311 e. The number of aliphatic imine (C=N–C) groups is 1. The molecule has 0 N–H and O–H groups in total. The van der Waals surface area contributed by atoms with Crippen LogP contribution in [-0.4, -0.2) is 18.3 Å². The minimum Gasteiger partial charge on any atom is -0.466 e. The van der Waals surface area contributed by atoms with Gasteiger partial charge in [0, 0.05) is 5.71 Å². The molecule has 0 aliphatic carbocycles. The maximum absolute atomic E-state index is 11.2. The van der Waals surface area contributed by atoms with Crippen LogP contribution in [0.2, 0.25) is 0 Å². The van der Waals surface area contributed by atoms with E-state index in [9.17, 15) is 4.79 Å². The van der Waals surface area contributed by atoms with E-state index in [1.54, 1.807) is 6.92 Å². The lowest BCUT2D eigenvalue weighted by atomic mass is 10.2. The lowest BCUT2D eigenvalue weighted by molar-refractivity contribution is -0.141. The van der Waals surface area contributed by atoms with E-state index >= 15 is 0 Å². The highest BCUT2D eigenvalue weighted by molar-refractivity contribution is 5.97. The first-order valence-electron chi connectivity index (χ1n) is 5.42. The highest BCUT2D eigenvalue weighted by Gasteiger charge is 2.03. The molecule has 0 aliphatic rings. The molecule has 1 aromatic rings. The van der Waals surface area contributed by atoms with Gasteiger partial charge in [-0.15, -0.1) is 0 Å². The van der Waals surface area contributed by atoms with Crippen LogP contribution in [0.3, 0.4) is 0 Å². The Morgan fingerprint density at radius 3 is 2.62 bits per heavy atom. The van der Waals surface area contributed by atoms with Crippen LogP contribution in [0.5, 0.6) is 0 Å². The van der Waals surface area contributed by atoms with E-state index in [2.05, 4.69) is 4.99 Å². The van der Waals surface area contributed by atoms with Gasteiger partial charge >= 0.3 is 5.97 Å². The average Bonchev–Trinajstić information content (AvgIpc) is 2.28. The van der Waals surface area contributed by atoms with E-state index in [1.165, 1.54) is 0 Å². The second-order valence-electron chi connectivity index (χ2n) is 3.52. The second-order valence-corrected chi connectivity index (χ2v) is 3.52. The molecule has 0 fully saturated rings. The summed E-state index contributed by atoms with van der Waals surface area (Å²) in [5.41, 5.74) is 1.95. The van der Waals surface area contributed by atoms with E-state index in [4.69, 9.17) is 4.74 Å². The summed E-state index contributed by atoms with van der Waals surface area (Å²) in [6, 6.07) is 9.96. The Kier molecular flexibility index (Phi) is 5.26. The van der Waals surface area contributed by atoms with Crippen molar-refractivity contribution in [1.82, 2.24) is 0 Å². The van der Waals surface area contributed by atoms with Crippen LogP contribution in [0.1, 0.15) is 25.8 Å². The van der Waals surface area contributed by atoms with Crippen molar-refractivity contribution in [2.24, 2.45) is 4.99 Å². The summed E-state index contributed by atoms with van der Waals surface area (Å²) in [5, 5.41) is 0. The van der Waals surface area contributed by atoms with E-state index in [1.807, 2.05) is 37.3 Å². The fourth-order valence-electron chi connectivity index (χ4n) is 1.29. The minimum atomic E-state index is -0.211. The van der Waals surface area contributed by atoms with Gasteiger partial charge in [-0.05, 0) is 19.4 Å². The molecule has 0 saturated heterocycles. The van der Waals surface area contributed by atoms with Crippen LogP contribution >= 0.6 is 0 Å². The van der Waals surface area contributed by atoms with Gasteiger partial charge in [0.15, 0.2) is 0 Å². The number of esters is 1. The summed E-state index contributed by atoms with van der Waals surface area (Å²) in [6.07, 6.45) is 0.278. The highest BCUT2D eigenvalue weighted by Crippen LogP contribution is 2.01. The van der Waals surface area contributed by atoms with E-state index < -0.39 is 0 Å². The molecule has 0 bridgehead atoms. The zero-order valence-electron chi connectivity index (χ0n) is 9.77. The Bertz CT molecular complexity index is 357. The van der Waals surface area contributed by atoms with Gasteiger partial charge in [-0.25, -0.2) is 0 Å². The molecule has 0 radical (unpaired) electrons. The molecule has 3 nitrogen and oxygen atoms in total. The molecule has 3 heteroatoms. The molecule has 0 aromatic heterocycles. The number of carbonyl (C=O) groups is 1. The van der Waals surface area contributed by atoms with Gasteiger partial charge in [-0.3, -0.25) is 9.79 Å². The Labute approximate surface area is 96.2 Å². The first-order chi connectivity index (χ1) is 7.72. The summed E-state index contributed by atoms with van der Waals surface area (Å²) in [5.74, 6) is -0.211. The van der Waals surface area contributed by atoms with Gasteiger partial charge < -0.3 is 4.74 Å². The normalized spacial score (nSPS) is 11.2. The standard InChI is InChI=1S/C13H17NO2/c1-3-16-13(15)9-11(2)14-10-12-7-5-4-6-8-12/h4-8H,3,9-10H2,1-2H3. The van der Waals surface area contributed by atoms with Crippen molar-refractivity contribution in [3.63, 3.8) is 0 Å². The third-order valence-electron chi connectivity index (χ3n) is 2.08. The third-order valence-corrected chi connectivity index (χ3v) is 2.08. The van der Waals surface area contributed by atoms with Crippen LogP contribution in [0, 0.1) is 0 Å². The molecule has 0 amide bonds. The quantitative estimate of drug-likeness (QED) is 0.564. The van der Waals surface area contributed by atoms with E-state index in [0.717, 1.165) is 11.3 Å². The van der Waals surface area contributed by atoms with Crippen LogP contribution in [0.15, 0.2) is 35.3 Å². The van der Waals surface area contributed by atoms with Gasteiger partial charge in [-0.2, -0.15) is 0 Å².